The van der Waals surface area contributed by atoms with Crippen LogP contribution in [-0.4, -0.2) is 45.0 Å². The average Bonchev–Trinajstić information content (AvgIpc) is 3.31. The molecule has 2 aromatic carbocycles. The van der Waals surface area contributed by atoms with E-state index in [-0.39, 0.29) is 12.0 Å². The van der Waals surface area contributed by atoms with E-state index in [1.165, 1.54) is 11.2 Å². The zero-order chi connectivity index (χ0) is 24.1. The Kier molecular flexibility index (Phi) is 7.26. The van der Waals surface area contributed by atoms with Gasteiger partial charge < -0.3 is 9.74 Å². The predicted octanol–water partition coefficient (Wildman–Crippen LogP) is 4.88. The number of rotatable bonds is 6. The number of anilines is 1. The predicted molar refractivity (Wildman–Crippen MR) is 132 cm³/mol. The maximum atomic E-state index is 12.7. The van der Waals surface area contributed by atoms with Crippen molar-refractivity contribution in [1.29, 1.82) is 0 Å². The van der Waals surface area contributed by atoms with Gasteiger partial charge in [-0.15, -0.1) is 5.10 Å². The van der Waals surface area contributed by atoms with E-state index >= 15 is 0 Å². The van der Waals surface area contributed by atoms with E-state index in [0.29, 0.717) is 22.2 Å². The molecule has 0 amide bonds. The lowest BCUT2D eigenvalue weighted by molar-refractivity contribution is 0.0515. The minimum Gasteiger partial charge on any atom is -0.338 e. The first-order valence-electron chi connectivity index (χ1n) is 11.5. The molecule has 8 nitrogen and oxygen atoms in total. The lowest BCUT2D eigenvalue weighted by Gasteiger charge is -2.24. The third kappa shape index (κ3) is 5.99. The Morgan fingerprint density at radius 1 is 1.00 bits per heavy atom. The summed E-state index contributed by atoms with van der Waals surface area (Å²) in [5, 5.41) is 17.7. The van der Waals surface area contributed by atoms with E-state index < -0.39 is 5.97 Å². The highest BCUT2D eigenvalue weighted by Gasteiger charge is 2.18. The minimum absolute atomic E-state index is 0.000188. The molecule has 178 valence electrons. The molecule has 0 aliphatic carbocycles. The van der Waals surface area contributed by atoms with Gasteiger partial charge in [-0.3, -0.25) is 0 Å². The summed E-state index contributed by atoms with van der Waals surface area (Å²) >= 11 is 6.05. The van der Waals surface area contributed by atoms with Gasteiger partial charge in [-0.25, -0.2) is 4.79 Å². The number of piperidine rings is 1. The van der Waals surface area contributed by atoms with Crippen molar-refractivity contribution >= 4 is 29.2 Å². The number of nitrogens with zero attached hydrogens (tertiary/aromatic N) is 6. The van der Waals surface area contributed by atoms with Crippen molar-refractivity contribution < 1.29 is 9.63 Å². The fraction of sp³-hybridized carbons (Fsp3) is 0.400. The quantitative estimate of drug-likeness (QED) is 0.284. The number of hydrogen-bond acceptors (Lipinski definition) is 7. The number of aromatic nitrogens is 4. The molecule has 3 aromatic rings. The maximum absolute atomic E-state index is 12.7. The summed E-state index contributed by atoms with van der Waals surface area (Å²) in [6, 6.07) is 14.5. The number of carbonyl (C=O) groups excluding carboxylic acids is 1. The molecular weight excluding hydrogens is 452 g/mol. The highest BCUT2D eigenvalue weighted by Crippen LogP contribution is 2.22. The second-order valence-electron chi connectivity index (χ2n) is 9.42. The summed E-state index contributed by atoms with van der Waals surface area (Å²) in [5.41, 5.74) is 2.80. The van der Waals surface area contributed by atoms with Gasteiger partial charge in [-0.2, -0.15) is 4.80 Å². The Labute approximate surface area is 204 Å². The normalized spacial score (nSPS) is 14.8. The van der Waals surface area contributed by atoms with Gasteiger partial charge in [0.05, 0.1) is 5.56 Å². The number of carbonyl (C=O) groups is 1. The minimum atomic E-state index is -0.535. The lowest BCUT2D eigenvalue weighted by Crippen LogP contribution is -2.30. The Morgan fingerprint density at radius 3 is 2.29 bits per heavy atom. The topological polar surface area (TPSA) is 85.5 Å². The Hall–Kier alpha value is -3.26. The molecule has 0 saturated carbocycles. The Morgan fingerprint density at radius 2 is 1.65 bits per heavy atom. The molecule has 1 saturated heterocycles. The largest absolute Gasteiger partial charge is 0.365 e. The Balaban J connectivity index is 1.52. The zero-order valence-corrected chi connectivity index (χ0v) is 20.5. The van der Waals surface area contributed by atoms with Crippen LogP contribution in [0.5, 0.6) is 0 Å². The molecule has 1 fully saturated rings. The fourth-order valence-corrected chi connectivity index (χ4v) is 3.85. The van der Waals surface area contributed by atoms with Gasteiger partial charge in [0.15, 0.2) is 0 Å². The number of oxime groups is 1. The third-order valence-electron chi connectivity index (χ3n) is 5.78. The molecule has 0 atom stereocenters. The van der Waals surface area contributed by atoms with Crippen LogP contribution in [0.25, 0.3) is 0 Å². The van der Waals surface area contributed by atoms with Crippen molar-refractivity contribution in [3.05, 3.63) is 70.2 Å². The molecule has 0 unspecified atom stereocenters. The molecule has 1 aliphatic heterocycles. The van der Waals surface area contributed by atoms with Gasteiger partial charge in [0.25, 0.3) is 5.95 Å². The first-order chi connectivity index (χ1) is 16.3. The summed E-state index contributed by atoms with van der Waals surface area (Å²) in [5.74, 6) is 0.0681. The van der Waals surface area contributed by atoms with Crippen LogP contribution in [0.1, 0.15) is 61.5 Å². The van der Waals surface area contributed by atoms with Gasteiger partial charge in [0.1, 0.15) is 12.3 Å². The van der Waals surface area contributed by atoms with Crippen LogP contribution < -0.4 is 4.90 Å². The van der Waals surface area contributed by atoms with Gasteiger partial charge in [0.2, 0.25) is 0 Å². The monoisotopic (exact) mass is 480 g/mol. The molecule has 1 aliphatic rings. The van der Waals surface area contributed by atoms with Crippen molar-refractivity contribution in [2.45, 2.75) is 52.0 Å². The van der Waals surface area contributed by atoms with E-state index in [1.54, 1.807) is 24.3 Å². The SMILES string of the molecule is CC(C)(C)c1ccc(C(=O)ON=C(Cn2nnc(N3CCCCC3)n2)c2ccc(Cl)cc2)cc1. The zero-order valence-electron chi connectivity index (χ0n) is 19.7. The second-order valence-corrected chi connectivity index (χ2v) is 9.85. The van der Waals surface area contributed by atoms with Gasteiger partial charge in [-0.05, 0) is 59.7 Å². The molecule has 34 heavy (non-hydrogen) atoms. The lowest BCUT2D eigenvalue weighted by atomic mass is 9.87. The van der Waals surface area contributed by atoms with Crippen LogP contribution in [-0.2, 0) is 16.8 Å². The first-order valence-corrected chi connectivity index (χ1v) is 11.8. The summed E-state index contributed by atoms with van der Waals surface area (Å²) in [7, 11) is 0. The average molecular weight is 481 g/mol. The van der Waals surface area contributed by atoms with Crippen LogP contribution in [0, 0.1) is 0 Å². The highest BCUT2D eigenvalue weighted by molar-refractivity contribution is 6.30. The second kappa shape index (κ2) is 10.3. The van der Waals surface area contributed by atoms with Crippen molar-refractivity contribution in [3.8, 4) is 0 Å². The van der Waals surface area contributed by atoms with Crippen LogP contribution in [0.4, 0.5) is 5.95 Å². The first kappa shape index (κ1) is 23.9. The van der Waals surface area contributed by atoms with Crippen molar-refractivity contribution in [3.63, 3.8) is 0 Å². The molecule has 4 rings (SSSR count). The number of benzene rings is 2. The molecule has 0 bridgehead atoms. The highest BCUT2D eigenvalue weighted by atomic mass is 35.5. The van der Waals surface area contributed by atoms with Gasteiger partial charge in [-0.1, -0.05) is 66.9 Å². The summed E-state index contributed by atoms with van der Waals surface area (Å²) in [6.07, 6.45) is 3.47. The van der Waals surface area contributed by atoms with E-state index in [9.17, 15) is 4.79 Å². The van der Waals surface area contributed by atoms with Crippen molar-refractivity contribution in [1.82, 2.24) is 20.2 Å². The van der Waals surface area contributed by atoms with Crippen LogP contribution in [0.2, 0.25) is 5.02 Å². The van der Waals surface area contributed by atoms with E-state index in [1.807, 2.05) is 24.3 Å². The summed E-state index contributed by atoms with van der Waals surface area (Å²) in [4.78, 5) is 21.6. The molecule has 0 N–H and O–H groups in total. The molecule has 0 spiro atoms. The molecule has 2 heterocycles. The van der Waals surface area contributed by atoms with E-state index in [4.69, 9.17) is 16.4 Å². The Bertz CT molecular complexity index is 1140. The number of halogens is 1. The standard InChI is InChI=1S/C25H29ClN6O2/c1-25(2,3)20-11-7-19(8-12-20)23(33)34-29-22(18-9-13-21(26)14-10-18)17-32-28-24(27-30-32)31-15-5-4-6-16-31/h7-14H,4-6,15-17H2,1-3H3. The summed E-state index contributed by atoms with van der Waals surface area (Å²) < 4.78 is 0. The van der Waals surface area contributed by atoms with E-state index in [0.717, 1.165) is 37.1 Å². The van der Waals surface area contributed by atoms with Crippen LogP contribution in [0.3, 0.4) is 0 Å². The summed E-state index contributed by atoms with van der Waals surface area (Å²) in [6.45, 7) is 8.41. The molecule has 1 aromatic heterocycles. The fourth-order valence-electron chi connectivity index (χ4n) is 3.73. The molecule has 0 radical (unpaired) electrons. The smallest absolute Gasteiger partial charge is 0.338 e. The number of tetrazole rings is 1. The van der Waals surface area contributed by atoms with E-state index in [2.05, 4.69) is 46.2 Å². The molecule has 9 heteroatoms. The van der Waals surface area contributed by atoms with Crippen molar-refractivity contribution in [2.24, 2.45) is 5.16 Å². The maximum Gasteiger partial charge on any atom is 0.365 e. The van der Waals surface area contributed by atoms with Gasteiger partial charge >= 0.3 is 5.97 Å². The number of hydrogen-bond donors (Lipinski definition) is 0. The van der Waals surface area contributed by atoms with Crippen LogP contribution >= 0.6 is 11.6 Å². The van der Waals surface area contributed by atoms with Gasteiger partial charge in [0, 0.05) is 23.7 Å². The van der Waals surface area contributed by atoms with Crippen molar-refractivity contribution in [2.75, 3.05) is 18.0 Å². The third-order valence-corrected chi connectivity index (χ3v) is 6.03. The molecular formula is C25H29ClN6O2. The van der Waals surface area contributed by atoms with Crippen LogP contribution in [0.15, 0.2) is 53.7 Å².